The van der Waals surface area contributed by atoms with E-state index in [4.69, 9.17) is 20.9 Å². The highest BCUT2D eigenvalue weighted by Gasteiger charge is 2.77. The largest absolute Gasteiger partial charge is 0.508 e. The Balaban J connectivity index is 1.12. The molecule has 1 aliphatic carbocycles. The van der Waals surface area contributed by atoms with E-state index in [0.717, 1.165) is 19.3 Å². The summed E-state index contributed by atoms with van der Waals surface area (Å²) in [7, 11) is 0. The van der Waals surface area contributed by atoms with Crippen molar-refractivity contribution in [2.45, 2.75) is 75.9 Å². The van der Waals surface area contributed by atoms with Gasteiger partial charge in [0.2, 0.25) is 0 Å². The van der Waals surface area contributed by atoms with Crippen molar-refractivity contribution >= 4 is 33.5 Å². The number of hydrogen-bond donors (Lipinski definition) is 1. The molecule has 0 radical (unpaired) electrons. The molecule has 4 aromatic rings. The van der Waals surface area contributed by atoms with Gasteiger partial charge in [-0.05, 0) is 62.2 Å². The van der Waals surface area contributed by atoms with Gasteiger partial charge in [-0.2, -0.15) is 9.97 Å². The summed E-state index contributed by atoms with van der Waals surface area (Å²) >= 11 is 0. The first-order chi connectivity index (χ1) is 25.8. The van der Waals surface area contributed by atoms with E-state index in [1.54, 1.807) is 13.8 Å². The number of aromatic hydroxyl groups is 1. The summed E-state index contributed by atoms with van der Waals surface area (Å²) < 4.78 is 73.1. The maximum Gasteiger partial charge on any atom is 0.319 e. The van der Waals surface area contributed by atoms with E-state index in [1.165, 1.54) is 30.5 Å². The lowest BCUT2D eigenvalue weighted by atomic mass is 9.89. The molecule has 1 saturated carbocycles. The highest BCUT2D eigenvalue weighted by atomic mass is 19.3. The molecule has 5 fully saturated rings. The van der Waals surface area contributed by atoms with Crippen LogP contribution in [0.2, 0.25) is 0 Å². The monoisotopic (exact) mass is 744 g/mol. The number of pyridine rings is 1. The third kappa shape index (κ3) is 5.45. The quantitative estimate of drug-likeness (QED) is 0.126. The van der Waals surface area contributed by atoms with E-state index < -0.39 is 28.5 Å². The standard InChI is InChI=1S/C40H40F4N6O4/c1-4-27-30(41)9-6-23-12-26(51)13-28(31(23)27)33-32(42)34-29(14-45-33)35(48-15-24-7-8-25(16-48)50(24)21-54-36(52)22(2)3)47-37(46-34)53-20-39-10-5-11-49(39)19-38(17-39)18-40(38,43)44/h1,6,9,12-14,22,24-25,51H,5,7-8,10-11,15-21H2,2-3H3. The van der Waals surface area contributed by atoms with Crippen molar-refractivity contribution in [1.29, 1.82) is 0 Å². The number of fused-ring (bicyclic) bond motifs is 5. The van der Waals surface area contributed by atoms with Gasteiger partial charge in [-0.15, -0.1) is 6.42 Å². The molecule has 14 heteroatoms. The summed E-state index contributed by atoms with van der Waals surface area (Å²) in [5.41, 5.74) is -1.96. The number of benzene rings is 2. The van der Waals surface area contributed by atoms with Crippen molar-refractivity contribution in [3.8, 4) is 35.4 Å². The van der Waals surface area contributed by atoms with Gasteiger partial charge in [0.1, 0.15) is 41.9 Å². The van der Waals surface area contributed by atoms with Crippen molar-refractivity contribution in [3.63, 3.8) is 0 Å². The molecule has 2 aromatic heterocycles. The maximum atomic E-state index is 17.1. The van der Waals surface area contributed by atoms with Crippen LogP contribution >= 0.6 is 0 Å². The fraction of sp³-hybridized carbons (Fsp3) is 0.500. The molecular formula is C40H40F4N6O4. The Morgan fingerprint density at radius 3 is 2.59 bits per heavy atom. The number of rotatable bonds is 8. The predicted molar refractivity (Wildman–Crippen MR) is 192 cm³/mol. The normalized spacial score (nSPS) is 27.3. The highest BCUT2D eigenvalue weighted by Crippen LogP contribution is 2.69. The molecule has 54 heavy (non-hydrogen) atoms. The smallest absolute Gasteiger partial charge is 0.319 e. The average Bonchev–Trinajstić information content (AvgIpc) is 3.38. The Bertz CT molecular complexity index is 2250. The van der Waals surface area contributed by atoms with Crippen LogP contribution in [0.1, 0.15) is 57.9 Å². The van der Waals surface area contributed by atoms with E-state index in [0.29, 0.717) is 55.6 Å². The highest BCUT2D eigenvalue weighted by molar-refractivity contribution is 6.03. The molecule has 4 atom stereocenters. The van der Waals surface area contributed by atoms with Crippen molar-refractivity contribution in [3.05, 3.63) is 47.7 Å². The number of halogens is 4. The number of anilines is 1. The van der Waals surface area contributed by atoms with Crippen LogP contribution in [0.4, 0.5) is 23.4 Å². The van der Waals surface area contributed by atoms with Gasteiger partial charge in [0.25, 0.3) is 5.92 Å². The predicted octanol–water partition coefficient (Wildman–Crippen LogP) is 6.26. The van der Waals surface area contributed by atoms with Gasteiger partial charge in [0, 0.05) is 55.3 Å². The Hall–Kier alpha value is -4.74. The third-order valence-corrected chi connectivity index (χ3v) is 12.4. The van der Waals surface area contributed by atoms with Crippen LogP contribution in [0, 0.1) is 35.3 Å². The van der Waals surface area contributed by atoms with E-state index >= 15 is 4.39 Å². The lowest BCUT2D eigenvalue weighted by molar-refractivity contribution is -0.153. The lowest BCUT2D eigenvalue weighted by Gasteiger charge is -2.41. The second kappa shape index (κ2) is 12.4. The summed E-state index contributed by atoms with van der Waals surface area (Å²) in [5.74, 6) is -2.17. The number of carbonyl (C=O) groups is 1. The molecule has 6 heterocycles. The van der Waals surface area contributed by atoms with Gasteiger partial charge in [-0.25, -0.2) is 17.6 Å². The zero-order valence-corrected chi connectivity index (χ0v) is 30.0. The number of nitrogens with zero attached hydrogens (tertiary/aromatic N) is 6. The van der Waals surface area contributed by atoms with Gasteiger partial charge in [-0.1, -0.05) is 25.8 Å². The summed E-state index contributed by atoms with van der Waals surface area (Å²) in [4.78, 5) is 32.5. The number of phenols is 1. The molecule has 282 valence electrons. The minimum atomic E-state index is -2.70. The molecule has 4 unspecified atom stereocenters. The van der Waals surface area contributed by atoms with Gasteiger partial charge in [-0.3, -0.25) is 19.6 Å². The van der Waals surface area contributed by atoms with E-state index in [1.807, 2.05) is 4.90 Å². The number of aromatic nitrogens is 3. The van der Waals surface area contributed by atoms with Crippen LogP contribution in [0.5, 0.6) is 11.8 Å². The molecule has 5 aliphatic rings. The summed E-state index contributed by atoms with van der Waals surface area (Å²) in [6, 6.07) is 5.32. The van der Waals surface area contributed by atoms with Gasteiger partial charge in [0.05, 0.1) is 27.8 Å². The topological polar surface area (TPSA) is 104 Å². The number of ether oxygens (including phenoxy) is 2. The summed E-state index contributed by atoms with van der Waals surface area (Å²) in [6.45, 7) is 5.84. The van der Waals surface area contributed by atoms with Crippen LogP contribution in [0.15, 0.2) is 30.5 Å². The second-order valence-electron chi connectivity index (χ2n) is 16.1. The maximum absolute atomic E-state index is 17.1. The Morgan fingerprint density at radius 2 is 1.89 bits per heavy atom. The molecule has 0 amide bonds. The van der Waals surface area contributed by atoms with Gasteiger partial charge in [0.15, 0.2) is 5.82 Å². The number of carbonyl (C=O) groups excluding carboxylic acids is 1. The molecule has 4 aliphatic heterocycles. The lowest BCUT2D eigenvalue weighted by Crippen LogP contribution is -2.54. The van der Waals surface area contributed by atoms with E-state index in [-0.39, 0.29) is 83.2 Å². The van der Waals surface area contributed by atoms with Gasteiger partial charge >= 0.3 is 12.0 Å². The van der Waals surface area contributed by atoms with E-state index in [2.05, 4.69) is 25.7 Å². The number of hydrogen-bond acceptors (Lipinski definition) is 10. The molecule has 9 rings (SSSR count). The zero-order valence-electron chi connectivity index (χ0n) is 30.0. The number of alkyl halides is 2. The van der Waals surface area contributed by atoms with Gasteiger partial charge < -0.3 is 19.5 Å². The molecule has 10 nitrogen and oxygen atoms in total. The first-order valence-corrected chi connectivity index (χ1v) is 18.5. The fourth-order valence-corrected chi connectivity index (χ4v) is 9.60. The Morgan fingerprint density at radius 1 is 1.13 bits per heavy atom. The van der Waals surface area contributed by atoms with Crippen LogP contribution < -0.4 is 9.64 Å². The fourth-order valence-electron chi connectivity index (χ4n) is 9.60. The van der Waals surface area contributed by atoms with Crippen molar-refractivity contribution < 1.29 is 36.9 Å². The first kappa shape index (κ1) is 35.0. The Kier molecular flexibility index (Phi) is 8.03. The van der Waals surface area contributed by atoms with Crippen molar-refractivity contribution in [1.82, 2.24) is 24.8 Å². The molecule has 4 saturated heterocycles. The summed E-state index contributed by atoms with van der Waals surface area (Å²) in [6.07, 6.45) is 10.6. The average molecular weight is 745 g/mol. The SMILES string of the molecule is C#Cc1c(F)ccc2cc(O)cc(-c3ncc4c(N5CC6CCC(C5)N6COC(=O)C(C)C)nc(OCC56CCCN5CC5(C6)CC5(F)F)nc4c3F)c12. The molecule has 1 N–H and O–H groups in total. The summed E-state index contributed by atoms with van der Waals surface area (Å²) in [5, 5.41) is 11.6. The van der Waals surface area contributed by atoms with Crippen LogP contribution in [-0.2, 0) is 9.53 Å². The van der Waals surface area contributed by atoms with Crippen LogP contribution in [0.3, 0.4) is 0 Å². The molecule has 2 aromatic carbocycles. The van der Waals surface area contributed by atoms with E-state index in [9.17, 15) is 23.1 Å². The minimum Gasteiger partial charge on any atom is -0.508 e. The number of phenolic OH excluding ortho intramolecular Hbond substituents is 1. The molecule has 1 spiro atoms. The Labute approximate surface area is 309 Å². The molecule has 2 bridgehead atoms. The van der Waals surface area contributed by atoms with Crippen LogP contribution in [0.25, 0.3) is 32.9 Å². The minimum absolute atomic E-state index is 0.0340. The number of terminal acetylenes is 1. The van der Waals surface area contributed by atoms with Crippen molar-refractivity contribution in [2.75, 3.05) is 44.4 Å². The van der Waals surface area contributed by atoms with Crippen LogP contribution in [-0.4, -0.2) is 98.9 Å². The second-order valence-corrected chi connectivity index (χ2v) is 16.1. The third-order valence-electron chi connectivity index (χ3n) is 12.4. The number of piperazine rings is 1. The van der Waals surface area contributed by atoms with Crippen molar-refractivity contribution in [2.24, 2.45) is 11.3 Å². The number of esters is 1. The first-order valence-electron chi connectivity index (χ1n) is 18.5. The molecular weight excluding hydrogens is 704 g/mol. The zero-order chi connectivity index (χ0) is 37.7.